The predicted molar refractivity (Wildman–Crippen MR) is 115 cm³/mol. The summed E-state index contributed by atoms with van der Waals surface area (Å²) in [6.45, 7) is 7.57. The van der Waals surface area contributed by atoms with Gasteiger partial charge >= 0.3 is 0 Å². The van der Waals surface area contributed by atoms with Crippen molar-refractivity contribution in [3.8, 4) is 0 Å². The quantitative estimate of drug-likeness (QED) is 0.402. The molecule has 0 spiro atoms. The molecule has 0 aliphatic carbocycles. The van der Waals surface area contributed by atoms with Gasteiger partial charge in [-0.15, -0.1) is 0 Å². The normalized spacial score (nSPS) is 10.5. The Hall–Kier alpha value is -1.38. The van der Waals surface area contributed by atoms with Crippen LogP contribution in [0.25, 0.3) is 12.2 Å². The number of unbranched alkanes of at least 4 members (excludes halogenated alkanes) is 1. The van der Waals surface area contributed by atoms with Crippen LogP contribution in [0.5, 0.6) is 0 Å². The summed E-state index contributed by atoms with van der Waals surface area (Å²) in [7, 11) is 0. The van der Waals surface area contributed by atoms with Crippen molar-refractivity contribution in [3.05, 3.63) is 83.9 Å². The fourth-order valence-electron chi connectivity index (χ4n) is 2.29. The van der Waals surface area contributed by atoms with Crippen LogP contribution in [0.1, 0.15) is 35.1 Å². The molecule has 0 heterocycles. The van der Waals surface area contributed by atoms with Gasteiger partial charge in [0.1, 0.15) is 0 Å². The zero-order valence-electron chi connectivity index (χ0n) is 14.2. The van der Waals surface area contributed by atoms with E-state index in [1.807, 2.05) is 35.7 Å². The third-order valence-electron chi connectivity index (χ3n) is 3.80. The first-order valence-electron chi connectivity index (χ1n) is 8.40. The van der Waals surface area contributed by atoms with Gasteiger partial charge < -0.3 is 0 Å². The molecule has 0 aliphatic rings. The van der Waals surface area contributed by atoms with E-state index >= 15 is 0 Å². The Balaban J connectivity index is 1.50. The molecule has 2 heteroatoms. The molecule has 0 fully saturated rings. The van der Waals surface area contributed by atoms with E-state index in [1.54, 1.807) is 0 Å². The molecular formula is C22H26S2. The van der Waals surface area contributed by atoms with E-state index in [2.05, 4.69) is 61.7 Å². The average molecular weight is 355 g/mol. The maximum absolute atomic E-state index is 3.79. The van der Waals surface area contributed by atoms with Crippen molar-refractivity contribution >= 4 is 35.7 Å². The first-order valence-corrected chi connectivity index (χ1v) is 10.7. The second-order valence-electron chi connectivity index (χ2n) is 5.70. The van der Waals surface area contributed by atoms with E-state index in [1.165, 1.54) is 46.6 Å². The second-order valence-corrected chi connectivity index (χ2v) is 7.91. The molecule has 0 atom stereocenters. The molecule has 0 N–H and O–H groups in total. The lowest BCUT2D eigenvalue weighted by Crippen LogP contribution is -1.88. The van der Waals surface area contributed by atoms with Gasteiger partial charge in [-0.05, 0) is 46.6 Å². The van der Waals surface area contributed by atoms with Crippen LogP contribution in [0.2, 0.25) is 0 Å². The van der Waals surface area contributed by atoms with Crippen LogP contribution in [0.15, 0.2) is 61.7 Å². The van der Waals surface area contributed by atoms with Crippen LogP contribution in [0.3, 0.4) is 0 Å². The number of benzene rings is 2. The molecular weight excluding hydrogens is 328 g/mol. The summed E-state index contributed by atoms with van der Waals surface area (Å²) in [5.41, 5.74) is 5.20. The highest BCUT2D eigenvalue weighted by molar-refractivity contribution is 7.98. The summed E-state index contributed by atoms with van der Waals surface area (Å²) in [6.07, 6.45) is 6.39. The predicted octanol–water partition coefficient (Wildman–Crippen LogP) is 6.92. The summed E-state index contributed by atoms with van der Waals surface area (Å²) in [6, 6.07) is 17.4. The fraction of sp³-hybridized carbons (Fsp3) is 0.273. The standard InChI is InChI=1S/C22H26S2/c1-3-19-7-11-21(12-8-19)17-23-15-5-6-16-24-18-22-13-9-20(4-2)10-14-22/h3-4,7-14H,1-2,5-6,15-18H2. The minimum atomic E-state index is 1.11. The Bertz CT molecular complexity index is 554. The Morgan fingerprint density at radius 2 is 1.00 bits per heavy atom. The van der Waals surface area contributed by atoms with Crippen molar-refractivity contribution in [2.24, 2.45) is 0 Å². The van der Waals surface area contributed by atoms with Gasteiger partial charge in [0.05, 0.1) is 0 Å². The van der Waals surface area contributed by atoms with Gasteiger partial charge in [-0.2, -0.15) is 23.5 Å². The molecule has 0 saturated heterocycles. The number of rotatable bonds is 11. The van der Waals surface area contributed by atoms with Gasteiger partial charge in [0.2, 0.25) is 0 Å². The highest BCUT2D eigenvalue weighted by Crippen LogP contribution is 2.18. The topological polar surface area (TPSA) is 0 Å². The third kappa shape index (κ3) is 7.02. The van der Waals surface area contributed by atoms with Gasteiger partial charge in [-0.25, -0.2) is 0 Å². The van der Waals surface area contributed by atoms with Crippen molar-refractivity contribution < 1.29 is 0 Å². The highest BCUT2D eigenvalue weighted by Gasteiger charge is 1.97. The molecule has 2 aromatic rings. The van der Waals surface area contributed by atoms with E-state index in [9.17, 15) is 0 Å². The molecule has 126 valence electrons. The molecule has 0 nitrogen and oxygen atoms in total. The molecule has 24 heavy (non-hydrogen) atoms. The SMILES string of the molecule is C=Cc1ccc(CSCCCCSCc2ccc(C=C)cc2)cc1. The van der Waals surface area contributed by atoms with Gasteiger partial charge in [-0.1, -0.05) is 73.8 Å². The molecule has 0 aromatic heterocycles. The summed E-state index contributed by atoms with van der Waals surface area (Å²) in [5, 5.41) is 0. The lowest BCUT2D eigenvalue weighted by Gasteiger charge is -2.04. The van der Waals surface area contributed by atoms with E-state index in [-0.39, 0.29) is 0 Å². The minimum absolute atomic E-state index is 1.11. The maximum Gasteiger partial charge on any atom is 0.0184 e. The van der Waals surface area contributed by atoms with E-state index in [0.29, 0.717) is 0 Å². The van der Waals surface area contributed by atoms with Crippen LogP contribution in [-0.4, -0.2) is 11.5 Å². The smallest absolute Gasteiger partial charge is 0.0184 e. The van der Waals surface area contributed by atoms with Crippen LogP contribution in [-0.2, 0) is 11.5 Å². The van der Waals surface area contributed by atoms with Gasteiger partial charge in [-0.3, -0.25) is 0 Å². The van der Waals surface area contributed by atoms with Gasteiger partial charge in [0.25, 0.3) is 0 Å². The Morgan fingerprint density at radius 1 is 0.625 bits per heavy atom. The Morgan fingerprint density at radius 3 is 1.33 bits per heavy atom. The number of hydrogen-bond donors (Lipinski definition) is 0. The summed E-state index contributed by atoms with van der Waals surface area (Å²) >= 11 is 4.07. The molecule has 0 amide bonds. The van der Waals surface area contributed by atoms with Crippen molar-refractivity contribution in [1.82, 2.24) is 0 Å². The lowest BCUT2D eigenvalue weighted by atomic mass is 10.1. The zero-order chi connectivity index (χ0) is 17.0. The van der Waals surface area contributed by atoms with Crippen LogP contribution < -0.4 is 0 Å². The summed E-state index contributed by atoms with van der Waals surface area (Å²) in [4.78, 5) is 0. The monoisotopic (exact) mass is 354 g/mol. The van der Waals surface area contributed by atoms with Crippen molar-refractivity contribution in [2.45, 2.75) is 24.3 Å². The van der Waals surface area contributed by atoms with E-state index < -0.39 is 0 Å². The minimum Gasteiger partial charge on any atom is -0.157 e. The number of hydrogen-bond acceptors (Lipinski definition) is 2. The zero-order valence-corrected chi connectivity index (χ0v) is 15.9. The second kappa shape index (κ2) is 11.2. The molecule has 0 saturated carbocycles. The molecule has 0 unspecified atom stereocenters. The first-order chi connectivity index (χ1) is 11.8. The van der Waals surface area contributed by atoms with Crippen LogP contribution in [0, 0.1) is 0 Å². The van der Waals surface area contributed by atoms with Crippen molar-refractivity contribution in [2.75, 3.05) is 11.5 Å². The largest absolute Gasteiger partial charge is 0.157 e. The van der Waals surface area contributed by atoms with Gasteiger partial charge in [0, 0.05) is 11.5 Å². The van der Waals surface area contributed by atoms with E-state index in [0.717, 1.165) is 11.5 Å². The molecule has 0 aliphatic heterocycles. The Kier molecular flexibility index (Phi) is 8.86. The lowest BCUT2D eigenvalue weighted by molar-refractivity contribution is 0.906. The van der Waals surface area contributed by atoms with Crippen LogP contribution in [0.4, 0.5) is 0 Å². The average Bonchev–Trinajstić information content (AvgIpc) is 2.65. The third-order valence-corrected chi connectivity index (χ3v) is 6.03. The van der Waals surface area contributed by atoms with Crippen molar-refractivity contribution in [3.63, 3.8) is 0 Å². The molecule has 2 rings (SSSR count). The van der Waals surface area contributed by atoms with Crippen LogP contribution >= 0.6 is 23.5 Å². The molecule has 0 radical (unpaired) electrons. The summed E-state index contributed by atoms with van der Waals surface area (Å²) in [5.74, 6) is 4.72. The number of thioether (sulfide) groups is 2. The Labute approximate surface area is 155 Å². The molecule has 0 bridgehead atoms. The van der Waals surface area contributed by atoms with Crippen molar-refractivity contribution in [1.29, 1.82) is 0 Å². The maximum atomic E-state index is 3.79. The summed E-state index contributed by atoms with van der Waals surface area (Å²) < 4.78 is 0. The molecule has 2 aromatic carbocycles. The van der Waals surface area contributed by atoms with E-state index in [4.69, 9.17) is 0 Å². The first kappa shape index (κ1) is 19.0. The van der Waals surface area contributed by atoms with Gasteiger partial charge in [0.15, 0.2) is 0 Å². The fourth-order valence-corrected chi connectivity index (χ4v) is 4.25. The highest BCUT2D eigenvalue weighted by atomic mass is 32.2.